The molecule has 0 aliphatic carbocycles. The number of rotatable bonds is 5. The third-order valence-corrected chi connectivity index (χ3v) is 3.74. The average Bonchev–Trinajstić information content (AvgIpc) is 2.46. The summed E-state index contributed by atoms with van der Waals surface area (Å²) in [4.78, 5) is 18.2. The number of hydrogen-bond donors (Lipinski definition) is 1. The largest absolute Gasteiger partial charge is 0.342 e. The summed E-state index contributed by atoms with van der Waals surface area (Å²) >= 11 is 0. The van der Waals surface area contributed by atoms with Gasteiger partial charge in [-0.15, -0.1) is 24.8 Å². The van der Waals surface area contributed by atoms with Gasteiger partial charge in [0, 0.05) is 31.9 Å². The lowest BCUT2D eigenvalue weighted by Gasteiger charge is -2.32. The number of halogens is 2. The monoisotopic (exact) mass is 333 g/mol. The van der Waals surface area contributed by atoms with Crippen molar-refractivity contribution in [1.82, 2.24) is 15.2 Å². The lowest BCUT2D eigenvalue weighted by molar-refractivity contribution is -0.132. The summed E-state index contributed by atoms with van der Waals surface area (Å²) in [6.45, 7) is 2.85. The minimum absolute atomic E-state index is 0. The van der Waals surface area contributed by atoms with Crippen LogP contribution in [0.3, 0.4) is 0 Å². The molecule has 1 atom stereocenters. The van der Waals surface area contributed by atoms with E-state index in [4.69, 9.17) is 0 Å². The molecule has 0 bridgehead atoms. The Morgan fingerprint density at radius 3 is 2.76 bits per heavy atom. The van der Waals surface area contributed by atoms with Crippen LogP contribution in [0.4, 0.5) is 0 Å². The first kappa shape index (κ1) is 20.2. The van der Waals surface area contributed by atoms with Gasteiger partial charge in [0.1, 0.15) is 0 Å². The van der Waals surface area contributed by atoms with Gasteiger partial charge in [0.15, 0.2) is 0 Å². The van der Waals surface area contributed by atoms with Crippen molar-refractivity contribution < 1.29 is 4.79 Å². The molecule has 0 aromatic carbocycles. The number of hydrogen-bond acceptors (Lipinski definition) is 3. The predicted octanol–water partition coefficient (Wildman–Crippen LogP) is 2.32. The highest BCUT2D eigenvalue weighted by molar-refractivity contribution is 5.85. The molecule has 6 heteroatoms. The molecule has 4 nitrogen and oxygen atoms in total. The van der Waals surface area contributed by atoms with Crippen LogP contribution in [0.2, 0.25) is 0 Å². The summed E-state index contributed by atoms with van der Waals surface area (Å²) in [6, 6.07) is 3.96. The Balaban J connectivity index is 0.00000200. The molecule has 1 aromatic heterocycles. The quantitative estimate of drug-likeness (QED) is 0.899. The number of aryl methyl sites for hydroxylation is 1. The highest BCUT2D eigenvalue weighted by Gasteiger charge is 2.22. The Bertz CT molecular complexity index is 401. The molecule has 1 fully saturated rings. The van der Waals surface area contributed by atoms with E-state index in [0.29, 0.717) is 12.3 Å². The minimum Gasteiger partial charge on any atom is -0.342 e. The molecule has 1 aromatic rings. The zero-order chi connectivity index (χ0) is 13.5. The molecule has 0 spiro atoms. The fourth-order valence-electron chi connectivity index (χ4n) is 2.71. The number of nitrogens with zero attached hydrogens (tertiary/aromatic N) is 2. The van der Waals surface area contributed by atoms with Crippen LogP contribution in [0, 0.1) is 5.92 Å². The number of pyridine rings is 1. The number of carbonyl (C=O) groups is 1. The van der Waals surface area contributed by atoms with E-state index in [-0.39, 0.29) is 30.7 Å². The van der Waals surface area contributed by atoms with Gasteiger partial charge >= 0.3 is 0 Å². The number of piperidine rings is 1. The van der Waals surface area contributed by atoms with E-state index in [1.807, 2.05) is 24.1 Å². The Morgan fingerprint density at radius 2 is 2.10 bits per heavy atom. The van der Waals surface area contributed by atoms with Gasteiger partial charge in [0.25, 0.3) is 0 Å². The number of nitrogens with one attached hydrogen (secondary N) is 1. The summed E-state index contributed by atoms with van der Waals surface area (Å²) in [5, 5.41) is 3.21. The maximum atomic E-state index is 12.2. The smallest absolute Gasteiger partial charge is 0.222 e. The highest BCUT2D eigenvalue weighted by atomic mass is 35.5. The van der Waals surface area contributed by atoms with E-state index in [1.165, 1.54) is 12.0 Å². The molecule has 2 rings (SSSR count). The summed E-state index contributed by atoms with van der Waals surface area (Å²) < 4.78 is 0. The van der Waals surface area contributed by atoms with Crippen molar-refractivity contribution in [3.8, 4) is 0 Å². The van der Waals surface area contributed by atoms with Crippen LogP contribution in [0.15, 0.2) is 24.5 Å². The molecule has 1 saturated heterocycles. The topological polar surface area (TPSA) is 45.2 Å². The van der Waals surface area contributed by atoms with Gasteiger partial charge in [0.2, 0.25) is 5.91 Å². The van der Waals surface area contributed by atoms with Crippen LogP contribution in [0.1, 0.15) is 24.8 Å². The van der Waals surface area contributed by atoms with Gasteiger partial charge in [0.05, 0.1) is 0 Å². The molecule has 1 N–H and O–H groups in total. The average molecular weight is 334 g/mol. The van der Waals surface area contributed by atoms with Crippen LogP contribution in [-0.2, 0) is 11.2 Å². The van der Waals surface area contributed by atoms with Crippen molar-refractivity contribution in [3.05, 3.63) is 30.1 Å². The number of amides is 1. The molecule has 1 aliphatic heterocycles. The first-order chi connectivity index (χ1) is 9.29. The van der Waals surface area contributed by atoms with Crippen molar-refractivity contribution in [2.45, 2.75) is 25.7 Å². The van der Waals surface area contributed by atoms with Gasteiger partial charge in [-0.3, -0.25) is 9.78 Å². The Kier molecular flexibility index (Phi) is 10.4. The molecule has 1 unspecified atom stereocenters. The summed E-state index contributed by atoms with van der Waals surface area (Å²) in [7, 11) is 1.98. The molecule has 2 heterocycles. The summed E-state index contributed by atoms with van der Waals surface area (Å²) in [5.41, 5.74) is 1.19. The molecule has 1 amide bonds. The van der Waals surface area contributed by atoms with Crippen LogP contribution < -0.4 is 5.32 Å². The first-order valence-electron chi connectivity index (χ1n) is 7.11. The van der Waals surface area contributed by atoms with Gasteiger partial charge in [-0.05, 0) is 56.5 Å². The lowest BCUT2D eigenvalue weighted by atomic mass is 9.97. The standard InChI is InChI=1S/C15H23N3O.2ClH/c1-16-11-14-3-2-10-18(12-14)15(19)5-4-13-6-8-17-9-7-13;;/h6-9,14,16H,2-5,10-12H2,1H3;2*1H. The summed E-state index contributed by atoms with van der Waals surface area (Å²) in [6.07, 6.45) is 7.35. The van der Waals surface area contributed by atoms with Crippen LogP contribution in [0.25, 0.3) is 0 Å². The molecule has 120 valence electrons. The fraction of sp³-hybridized carbons (Fsp3) is 0.600. The number of likely N-dealkylation sites (tertiary alicyclic amines) is 1. The third kappa shape index (κ3) is 6.64. The van der Waals surface area contributed by atoms with E-state index in [0.717, 1.165) is 32.5 Å². The second-order valence-corrected chi connectivity index (χ2v) is 5.26. The number of carbonyl (C=O) groups excluding carboxylic acids is 1. The molecular formula is C15H25Cl2N3O. The van der Waals surface area contributed by atoms with Gasteiger partial charge in [-0.25, -0.2) is 0 Å². The second kappa shape index (κ2) is 10.8. The van der Waals surface area contributed by atoms with E-state index < -0.39 is 0 Å². The fourth-order valence-corrected chi connectivity index (χ4v) is 2.71. The summed E-state index contributed by atoms with van der Waals surface area (Å²) in [5.74, 6) is 0.904. The van der Waals surface area contributed by atoms with Gasteiger partial charge < -0.3 is 10.2 Å². The zero-order valence-corrected chi connectivity index (χ0v) is 14.1. The number of aromatic nitrogens is 1. The van der Waals surface area contributed by atoms with E-state index >= 15 is 0 Å². The highest BCUT2D eigenvalue weighted by Crippen LogP contribution is 2.17. The molecule has 1 aliphatic rings. The normalized spacial score (nSPS) is 17.6. The Morgan fingerprint density at radius 1 is 1.38 bits per heavy atom. The zero-order valence-electron chi connectivity index (χ0n) is 12.5. The van der Waals surface area contributed by atoms with Gasteiger partial charge in [-0.1, -0.05) is 0 Å². The van der Waals surface area contributed by atoms with Crippen LogP contribution in [0.5, 0.6) is 0 Å². The van der Waals surface area contributed by atoms with E-state index in [2.05, 4.69) is 10.3 Å². The van der Waals surface area contributed by atoms with E-state index in [9.17, 15) is 4.79 Å². The Labute approximate surface area is 139 Å². The third-order valence-electron chi connectivity index (χ3n) is 3.74. The molecule has 0 radical (unpaired) electrons. The van der Waals surface area contributed by atoms with Crippen LogP contribution >= 0.6 is 24.8 Å². The SMILES string of the molecule is CNCC1CCCN(C(=O)CCc2ccncc2)C1.Cl.Cl. The minimum atomic E-state index is 0. The second-order valence-electron chi connectivity index (χ2n) is 5.26. The van der Waals surface area contributed by atoms with Crippen molar-refractivity contribution in [2.24, 2.45) is 5.92 Å². The molecular weight excluding hydrogens is 309 g/mol. The maximum absolute atomic E-state index is 12.2. The van der Waals surface area contributed by atoms with Gasteiger partial charge in [-0.2, -0.15) is 0 Å². The Hall–Kier alpha value is -0.840. The predicted molar refractivity (Wildman–Crippen MR) is 90.3 cm³/mol. The van der Waals surface area contributed by atoms with E-state index in [1.54, 1.807) is 12.4 Å². The van der Waals surface area contributed by atoms with Crippen molar-refractivity contribution in [1.29, 1.82) is 0 Å². The molecule has 0 saturated carbocycles. The maximum Gasteiger partial charge on any atom is 0.222 e. The lowest BCUT2D eigenvalue weighted by Crippen LogP contribution is -2.42. The first-order valence-corrected chi connectivity index (χ1v) is 7.11. The van der Waals surface area contributed by atoms with Crippen molar-refractivity contribution in [3.63, 3.8) is 0 Å². The van der Waals surface area contributed by atoms with Crippen LogP contribution in [-0.4, -0.2) is 42.5 Å². The van der Waals surface area contributed by atoms with Crippen molar-refractivity contribution in [2.75, 3.05) is 26.7 Å². The molecule has 21 heavy (non-hydrogen) atoms. The van der Waals surface area contributed by atoms with Crippen molar-refractivity contribution >= 4 is 30.7 Å².